The van der Waals surface area contributed by atoms with E-state index in [1.165, 1.54) is 24.3 Å². The fourth-order valence-corrected chi connectivity index (χ4v) is 5.69. The van der Waals surface area contributed by atoms with Gasteiger partial charge < -0.3 is 16.4 Å². The fourth-order valence-electron chi connectivity index (χ4n) is 5.69. The zero-order valence-corrected chi connectivity index (χ0v) is 23.9. The molecule has 2 amide bonds. The molecule has 0 radical (unpaired) electrons. The lowest BCUT2D eigenvalue weighted by molar-refractivity contribution is -0.129. The highest BCUT2D eigenvalue weighted by molar-refractivity contribution is 5.94. The van der Waals surface area contributed by atoms with Gasteiger partial charge in [0.05, 0.1) is 6.54 Å². The van der Waals surface area contributed by atoms with Gasteiger partial charge in [0.25, 0.3) is 0 Å². The lowest BCUT2D eigenvalue weighted by atomic mass is 9.87. The quantitative estimate of drug-likeness (QED) is 0.317. The summed E-state index contributed by atoms with van der Waals surface area (Å²) in [5.74, 6) is -0.851. The van der Waals surface area contributed by atoms with Crippen molar-refractivity contribution in [2.75, 3.05) is 50.8 Å². The largest absolute Gasteiger partial charge is 0.399 e. The molecular weight excluding hydrogens is 524 g/mol. The Morgan fingerprint density at radius 3 is 2.05 bits per heavy atom. The van der Waals surface area contributed by atoms with Gasteiger partial charge in [0.1, 0.15) is 17.7 Å². The lowest BCUT2D eigenvalue weighted by Gasteiger charge is -2.40. The number of nitrogens with zero attached hydrogens (tertiary/aromatic N) is 2. The first kappa shape index (κ1) is 30.1. The summed E-state index contributed by atoms with van der Waals surface area (Å²) in [6, 6.07) is 16.1. The second-order valence-electron chi connectivity index (χ2n) is 10.8. The maximum Gasteiger partial charge on any atom is 0.238 e. The molecule has 3 aromatic rings. The number of carbonyl (C=O) groups is 2. The number of nitrogen functional groups attached to an aromatic ring is 1. The van der Waals surface area contributed by atoms with Crippen LogP contribution in [0.3, 0.4) is 0 Å². The van der Waals surface area contributed by atoms with Crippen molar-refractivity contribution in [2.45, 2.75) is 38.6 Å². The molecule has 1 aliphatic heterocycles. The van der Waals surface area contributed by atoms with Gasteiger partial charge >= 0.3 is 0 Å². The van der Waals surface area contributed by atoms with Gasteiger partial charge in [0.15, 0.2) is 0 Å². The molecule has 1 fully saturated rings. The second kappa shape index (κ2) is 13.7. The number of likely N-dealkylation sites (N-methyl/N-ethyl adjacent to an activating group) is 1. The van der Waals surface area contributed by atoms with E-state index in [1.54, 1.807) is 31.3 Å². The smallest absolute Gasteiger partial charge is 0.238 e. The topological polar surface area (TPSA) is 90.7 Å². The molecule has 4 rings (SSSR count). The minimum Gasteiger partial charge on any atom is -0.399 e. The van der Waals surface area contributed by atoms with E-state index in [1.807, 2.05) is 30.9 Å². The molecule has 7 nitrogen and oxygen atoms in total. The number of anilines is 2. The Kier molecular flexibility index (Phi) is 10.1. The summed E-state index contributed by atoms with van der Waals surface area (Å²) in [5, 5.41) is 5.78. The summed E-state index contributed by atoms with van der Waals surface area (Å²) >= 11 is 0. The van der Waals surface area contributed by atoms with E-state index in [0.717, 1.165) is 40.8 Å². The van der Waals surface area contributed by atoms with E-state index in [0.29, 0.717) is 31.9 Å². The third kappa shape index (κ3) is 7.89. The van der Waals surface area contributed by atoms with Gasteiger partial charge in [-0.2, -0.15) is 0 Å². The molecule has 218 valence electrons. The average Bonchev–Trinajstić information content (AvgIpc) is 2.94. The molecule has 1 unspecified atom stereocenters. The van der Waals surface area contributed by atoms with E-state index in [2.05, 4.69) is 15.5 Å². The third-order valence-corrected chi connectivity index (χ3v) is 7.79. The second-order valence-corrected chi connectivity index (χ2v) is 10.8. The molecule has 4 N–H and O–H groups in total. The minimum absolute atomic E-state index is 0.0279. The summed E-state index contributed by atoms with van der Waals surface area (Å²) in [7, 11) is 1.62. The Bertz CT molecular complexity index is 1280. The zero-order valence-electron chi connectivity index (χ0n) is 23.9. The van der Waals surface area contributed by atoms with Crippen LogP contribution in [-0.4, -0.2) is 67.4 Å². The van der Waals surface area contributed by atoms with Crippen LogP contribution in [0.2, 0.25) is 0 Å². The van der Waals surface area contributed by atoms with Crippen molar-refractivity contribution in [3.63, 3.8) is 0 Å². The molecule has 0 aliphatic carbocycles. The predicted molar refractivity (Wildman–Crippen MR) is 159 cm³/mol. The summed E-state index contributed by atoms with van der Waals surface area (Å²) in [6.45, 7) is 6.42. The first-order chi connectivity index (χ1) is 19.6. The van der Waals surface area contributed by atoms with E-state index < -0.39 is 6.04 Å². The highest BCUT2D eigenvalue weighted by Crippen LogP contribution is 2.30. The first-order valence-corrected chi connectivity index (χ1v) is 14.0. The van der Waals surface area contributed by atoms with Gasteiger partial charge in [-0.3, -0.25) is 19.4 Å². The number of carbonyl (C=O) groups excluding carboxylic acids is 2. The Balaban J connectivity index is 1.38. The van der Waals surface area contributed by atoms with E-state index in [9.17, 15) is 18.4 Å². The number of halogens is 2. The number of rotatable bonds is 10. The summed E-state index contributed by atoms with van der Waals surface area (Å²) in [5.41, 5.74) is 11.1. The molecule has 0 spiro atoms. The average molecular weight is 564 g/mol. The molecule has 3 aromatic carbocycles. The Hall–Kier alpha value is -3.82. The van der Waals surface area contributed by atoms with Crippen molar-refractivity contribution in [1.82, 2.24) is 15.1 Å². The van der Waals surface area contributed by atoms with Crippen LogP contribution in [0.25, 0.3) is 0 Å². The first-order valence-electron chi connectivity index (χ1n) is 14.0. The predicted octanol–water partition coefficient (Wildman–Crippen LogP) is 4.45. The van der Waals surface area contributed by atoms with Gasteiger partial charge in [0.2, 0.25) is 11.8 Å². The molecule has 9 heteroatoms. The normalized spacial score (nSPS) is 16.1. The van der Waals surface area contributed by atoms with Crippen LogP contribution in [0.1, 0.15) is 41.0 Å². The van der Waals surface area contributed by atoms with Crippen molar-refractivity contribution >= 4 is 23.2 Å². The van der Waals surface area contributed by atoms with Gasteiger partial charge in [0, 0.05) is 44.0 Å². The number of amides is 2. The van der Waals surface area contributed by atoms with E-state index in [4.69, 9.17) is 5.73 Å². The van der Waals surface area contributed by atoms with Crippen LogP contribution in [-0.2, 0) is 9.59 Å². The Labute approximate surface area is 240 Å². The molecule has 0 bridgehead atoms. The molecule has 1 atom stereocenters. The monoisotopic (exact) mass is 563 g/mol. The number of hydrogen-bond donors (Lipinski definition) is 3. The van der Waals surface area contributed by atoms with E-state index >= 15 is 0 Å². The molecule has 1 saturated heterocycles. The van der Waals surface area contributed by atoms with Crippen molar-refractivity contribution in [3.8, 4) is 0 Å². The molecule has 0 saturated carbocycles. The molecular formula is C32H39F2N5O2. The molecule has 0 aromatic heterocycles. The number of nitrogens with one attached hydrogen (secondary N) is 2. The van der Waals surface area contributed by atoms with Crippen molar-refractivity contribution in [1.29, 1.82) is 0 Å². The fraction of sp³-hybridized carbons (Fsp3) is 0.375. The maximum atomic E-state index is 13.6. The minimum atomic E-state index is -0.392. The lowest BCUT2D eigenvalue weighted by Crippen LogP contribution is -2.59. The molecule has 41 heavy (non-hydrogen) atoms. The van der Waals surface area contributed by atoms with Crippen molar-refractivity contribution < 1.29 is 18.4 Å². The molecule has 1 aliphatic rings. The Morgan fingerprint density at radius 2 is 1.51 bits per heavy atom. The number of piperazine rings is 1. The van der Waals surface area contributed by atoms with Crippen molar-refractivity contribution in [2.24, 2.45) is 0 Å². The standard InChI is InChI=1S/C32H39F2N5O2/c1-21-17-27(35)18-22(2)31(21)37-30(40)20-38-15-16-39(29(19-38)32(41)36-3)14-4-5-28(23-6-10-25(33)11-7-23)24-8-12-26(34)13-9-24/h6-13,17-18,28-29H,4-5,14-16,19-20,35H2,1-3H3,(H,36,41)(H,37,40). The van der Waals surface area contributed by atoms with Crippen LogP contribution in [0.4, 0.5) is 20.2 Å². The van der Waals surface area contributed by atoms with E-state index in [-0.39, 0.29) is 35.9 Å². The highest BCUT2D eigenvalue weighted by atomic mass is 19.1. The maximum absolute atomic E-state index is 13.6. The number of nitrogens with two attached hydrogens (primary N) is 1. The summed E-state index contributed by atoms with van der Waals surface area (Å²) in [4.78, 5) is 29.9. The van der Waals surface area contributed by atoms with Crippen molar-refractivity contribution in [3.05, 3.63) is 94.6 Å². The third-order valence-electron chi connectivity index (χ3n) is 7.79. The summed E-state index contributed by atoms with van der Waals surface area (Å²) in [6.07, 6.45) is 1.53. The number of aryl methyl sites for hydroxylation is 2. The number of hydrogen-bond acceptors (Lipinski definition) is 5. The van der Waals surface area contributed by atoms with Crippen LogP contribution in [0.15, 0.2) is 60.7 Å². The molecule has 1 heterocycles. The van der Waals surface area contributed by atoms with Crippen LogP contribution >= 0.6 is 0 Å². The van der Waals surface area contributed by atoms with Gasteiger partial charge in [-0.05, 0) is 91.9 Å². The van der Waals surface area contributed by atoms with Gasteiger partial charge in [-0.1, -0.05) is 24.3 Å². The van der Waals surface area contributed by atoms with Gasteiger partial charge in [-0.15, -0.1) is 0 Å². The SMILES string of the molecule is CNC(=O)C1CN(CC(=O)Nc2c(C)cc(N)cc2C)CCN1CCCC(c1ccc(F)cc1)c1ccc(F)cc1. The van der Waals surface area contributed by atoms with Crippen LogP contribution in [0.5, 0.6) is 0 Å². The Morgan fingerprint density at radius 1 is 0.951 bits per heavy atom. The number of benzene rings is 3. The van der Waals surface area contributed by atoms with Crippen LogP contribution < -0.4 is 16.4 Å². The summed E-state index contributed by atoms with van der Waals surface area (Å²) < 4.78 is 27.2. The highest BCUT2D eigenvalue weighted by Gasteiger charge is 2.32. The van der Waals surface area contributed by atoms with Crippen LogP contribution in [0, 0.1) is 25.5 Å². The van der Waals surface area contributed by atoms with Gasteiger partial charge in [-0.25, -0.2) is 8.78 Å². The zero-order chi connectivity index (χ0) is 29.5.